The number of carbonyl (C=O) groups excluding carboxylic acids is 1. The molecule has 2 saturated carbocycles. The fourth-order valence-corrected chi connectivity index (χ4v) is 6.60. The van der Waals surface area contributed by atoms with Crippen molar-refractivity contribution in [1.29, 1.82) is 5.26 Å². The lowest BCUT2D eigenvalue weighted by atomic mass is 9.49. The van der Waals surface area contributed by atoms with Crippen molar-refractivity contribution in [1.82, 2.24) is 0 Å². The first-order chi connectivity index (χ1) is 13.6. The van der Waals surface area contributed by atoms with E-state index >= 15 is 0 Å². The van der Waals surface area contributed by atoms with Crippen LogP contribution in [0.2, 0.25) is 0 Å². The molecule has 3 fully saturated rings. The first-order valence-corrected chi connectivity index (χ1v) is 10.9. The number of nitrogens with zero attached hydrogens (tertiary/aromatic N) is 1. The number of hydrogen-bond donors (Lipinski definition) is 0. The second kappa shape index (κ2) is 7.25. The molecule has 0 aromatic carbocycles. The zero-order valence-corrected chi connectivity index (χ0v) is 18.1. The van der Waals surface area contributed by atoms with Gasteiger partial charge in [-0.25, -0.2) is 0 Å². The monoisotopic (exact) mass is 399 g/mol. The lowest BCUT2D eigenvalue weighted by Gasteiger charge is -2.56. The predicted octanol–water partition coefficient (Wildman–Crippen LogP) is 4.68. The minimum absolute atomic E-state index is 0.0425. The lowest BCUT2D eigenvalue weighted by Crippen LogP contribution is -2.53. The molecule has 0 amide bonds. The van der Waals surface area contributed by atoms with Gasteiger partial charge in [0.1, 0.15) is 6.10 Å². The Morgan fingerprint density at radius 3 is 2.79 bits per heavy atom. The van der Waals surface area contributed by atoms with E-state index in [9.17, 15) is 10.1 Å². The molecule has 7 atom stereocenters. The number of rotatable bonds is 2. The molecule has 0 bridgehead atoms. The van der Waals surface area contributed by atoms with Crippen LogP contribution in [0.3, 0.4) is 0 Å². The molecule has 1 aliphatic heterocycles. The van der Waals surface area contributed by atoms with E-state index in [1.165, 1.54) is 18.1 Å². The Morgan fingerprint density at radius 2 is 2.10 bits per heavy atom. The molecule has 29 heavy (non-hydrogen) atoms. The summed E-state index contributed by atoms with van der Waals surface area (Å²) in [5.74, 6) is -0.0961. The number of fused-ring (bicyclic) bond motifs is 2. The topological polar surface area (TPSA) is 68.6 Å². The van der Waals surface area contributed by atoms with Crippen LogP contribution in [-0.2, 0) is 19.0 Å². The summed E-state index contributed by atoms with van der Waals surface area (Å²) in [7, 11) is 0. The standard InChI is InChI=1S/C24H33NO4/c1-14-6-7-18-22-20(29-23(3,4)28-19(9-11-25)21(14)22)13-16-12-17(27-15(2)26)8-10-24(16,18)5/h13,17-22H,1,6-10,12H2,2-5H3/t17-,18-,19-,20-,21-,22-,24-/m0/s1. The summed E-state index contributed by atoms with van der Waals surface area (Å²) in [4.78, 5) is 11.5. The van der Waals surface area contributed by atoms with Crippen LogP contribution in [0.4, 0.5) is 0 Å². The third-order valence-corrected chi connectivity index (χ3v) is 7.74. The molecule has 4 rings (SSSR count). The van der Waals surface area contributed by atoms with Crippen LogP contribution < -0.4 is 0 Å². The van der Waals surface area contributed by atoms with Crippen molar-refractivity contribution in [3.8, 4) is 6.07 Å². The van der Waals surface area contributed by atoms with Gasteiger partial charge in [-0.1, -0.05) is 30.7 Å². The zero-order chi connectivity index (χ0) is 21.0. The van der Waals surface area contributed by atoms with Crippen molar-refractivity contribution < 1.29 is 19.0 Å². The Kier molecular flexibility index (Phi) is 5.16. The second-order valence-electron chi connectivity index (χ2n) is 9.99. The number of nitriles is 1. The van der Waals surface area contributed by atoms with Gasteiger partial charge in [0.05, 0.1) is 24.7 Å². The van der Waals surface area contributed by atoms with E-state index in [1.54, 1.807) is 0 Å². The third kappa shape index (κ3) is 3.55. The number of ether oxygens (including phenoxy) is 3. The fourth-order valence-electron chi connectivity index (χ4n) is 6.60. The van der Waals surface area contributed by atoms with Crippen molar-refractivity contribution in [2.75, 3.05) is 0 Å². The normalized spacial score (nSPS) is 43.1. The minimum atomic E-state index is -0.761. The molecule has 1 saturated heterocycles. The van der Waals surface area contributed by atoms with Gasteiger partial charge in [0.2, 0.25) is 0 Å². The minimum Gasteiger partial charge on any atom is -0.462 e. The van der Waals surface area contributed by atoms with Crippen LogP contribution in [0.1, 0.15) is 66.2 Å². The van der Waals surface area contributed by atoms with Crippen LogP contribution in [0, 0.1) is 34.5 Å². The summed E-state index contributed by atoms with van der Waals surface area (Å²) in [5.41, 5.74) is 2.64. The largest absolute Gasteiger partial charge is 0.462 e. The average Bonchev–Trinajstić information content (AvgIpc) is 2.72. The Bertz CT molecular complexity index is 778. The van der Waals surface area contributed by atoms with Crippen LogP contribution in [0.25, 0.3) is 0 Å². The first kappa shape index (κ1) is 20.6. The molecule has 1 heterocycles. The summed E-state index contributed by atoms with van der Waals surface area (Å²) in [6.07, 6.45) is 7.11. The van der Waals surface area contributed by atoms with E-state index < -0.39 is 5.79 Å². The maximum Gasteiger partial charge on any atom is 0.302 e. The third-order valence-electron chi connectivity index (χ3n) is 7.74. The Morgan fingerprint density at radius 1 is 1.34 bits per heavy atom. The highest BCUT2D eigenvalue weighted by molar-refractivity contribution is 5.66. The summed E-state index contributed by atoms with van der Waals surface area (Å²) in [6, 6.07) is 2.33. The van der Waals surface area contributed by atoms with Gasteiger partial charge in [-0.05, 0) is 50.9 Å². The van der Waals surface area contributed by atoms with Crippen molar-refractivity contribution in [2.45, 2.75) is 90.3 Å². The average molecular weight is 400 g/mol. The van der Waals surface area contributed by atoms with E-state index in [0.717, 1.165) is 32.1 Å². The van der Waals surface area contributed by atoms with Gasteiger partial charge in [0.15, 0.2) is 5.79 Å². The van der Waals surface area contributed by atoms with Gasteiger partial charge in [-0.15, -0.1) is 0 Å². The molecule has 4 aliphatic rings. The second-order valence-corrected chi connectivity index (χ2v) is 9.99. The van der Waals surface area contributed by atoms with Crippen LogP contribution >= 0.6 is 0 Å². The van der Waals surface area contributed by atoms with Crippen molar-refractivity contribution in [2.24, 2.45) is 23.2 Å². The molecule has 0 aromatic heterocycles. The van der Waals surface area contributed by atoms with Crippen molar-refractivity contribution in [3.63, 3.8) is 0 Å². The molecular weight excluding hydrogens is 366 g/mol. The van der Waals surface area contributed by atoms with Gasteiger partial charge in [-0.2, -0.15) is 5.26 Å². The molecule has 3 aliphatic carbocycles. The molecule has 5 heteroatoms. The van der Waals surface area contributed by atoms with Gasteiger partial charge in [0, 0.05) is 25.2 Å². The highest BCUT2D eigenvalue weighted by Gasteiger charge is 2.58. The van der Waals surface area contributed by atoms with E-state index in [0.29, 0.717) is 12.3 Å². The highest BCUT2D eigenvalue weighted by atomic mass is 16.7. The molecular formula is C24H33NO4. The summed E-state index contributed by atoms with van der Waals surface area (Å²) in [5, 5.41) is 9.45. The molecule has 158 valence electrons. The Balaban J connectivity index is 1.75. The maximum atomic E-state index is 11.5. The Labute approximate surface area is 174 Å². The smallest absolute Gasteiger partial charge is 0.302 e. The van der Waals surface area contributed by atoms with E-state index in [4.69, 9.17) is 14.2 Å². The molecule has 5 nitrogen and oxygen atoms in total. The fraction of sp³-hybridized carbons (Fsp3) is 0.750. The summed E-state index contributed by atoms with van der Waals surface area (Å²) < 4.78 is 18.4. The quantitative estimate of drug-likeness (QED) is 0.498. The van der Waals surface area contributed by atoms with Gasteiger partial charge in [-0.3, -0.25) is 4.79 Å². The Hall–Kier alpha value is -1.64. The van der Waals surface area contributed by atoms with Crippen LogP contribution in [0.15, 0.2) is 23.8 Å². The van der Waals surface area contributed by atoms with Crippen molar-refractivity contribution >= 4 is 5.97 Å². The van der Waals surface area contributed by atoms with E-state index in [-0.39, 0.29) is 41.5 Å². The summed E-state index contributed by atoms with van der Waals surface area (Å²) in [6.45, 7) is 12.2. The van der Waals surface area contributed by atoms with Gasteiger partial charge < -0.3 is 14.2 Å². The van der Waals surface area contributed by atoms with Crippen molar-refractivity contribution in [3.05, 3.63) is 23.8 Å². The van der Waals surface area contributed by atoms with Crippen LogP contribution in [-0.4, -0.2) is 30.1 Å². The van der Waals surface area contributed by atoms with Crippen LogP contribution in [0.5, 0.6) is 0 Å². The number of carbonyl (C=O) groups is 1. The number of hydrogen-bond acceptors (Lipinski definition) is 5. The van der Waals surface area contributed by atoms with E-state index in [1.807, 2.05) is 13.8 Å². The SMILES string of the molecule is C=C1CC[C@H]2[C@@H]3[C@@H]1[C@H](CC#N)OC(C)(C)O[C@H]3C=C1C[C@@H](OC(C)=O)CC[C@@]12C. The highest BCUT2D eigenvalue weighted by Crippen LogP contribution is 2.61. The lowest BCUT2D eigenvalue weighted by molar-refractivity contribution is -0.239. The predicted molar refractivity (Wildman–Crippen MR) is 108 cm³/mol. The van der Waals surface area contributed by atoms with Gasteiger partial charge in [0.25, 0.3) is 0 Å². The molecule has 0 N–H and O–H groups in total. The number of esters is 1. The molecule has 0 spiro atoms. The van der Waals surface area contributed by atoms with E-state index in [2.05, 4.69) is 25.6 Å². The molecule has 0 aromatic rings. The summed E-state index contributed by atoms with van der Waals surface area (Å²) >= 11 is 0. The first-order valence-electron chi connectivity index (χ1n) is 10.9. The molecule has 0 radical (unpaired) electrons. The molecule has 0 unspecified atom stereocenters. The maximum absolute atomic E-state index is 11.5. The zero-order valence-electron chi connectivity index (χ0n) is 18.1. The van der Waals surface area contributed by atoms with Gasteiger partial charge >= 0.3 is 5.97 Å².